The third kappa shape index (κ3) is 2.86. The van der Waals surface area contributed by atoms with Gasteiger partial charge in [-0.15, -0.1) is 11.3 Å². The molecule has 1 aromatic heterocycles. The maximum Gasteiger partial charge on any atom is 0.186 e. The molecule has 0 aromatic carbocycles. The van der Waals surface area contributed by atoms with Crippen LogP contribution >= 0.6 is 11.3 Å². The Bertz CT molecular complexity index is 455. The predicted molar refractivity (Wildman–Crippen MR) is 86.6 cm³/mol. The smallest absolute Gasteiger partial charge is 0.186 e. The van der Waals surface area contributed by atoms with Crippen LogP contribution in [-0.4, -0.2) is 23.6 Å². The summed E-state index contributed by atoms with van der Waals surface area (Å²) in [6, 6.07) is 1.32. The summed E-state index contributed by atoms with van der Waals surface area (Å²) >= 11 is 1.93. The third-order valence-electron chi connectivity index (χ3n) is 4.58. The molecule has 3 nitrogen and oxygen atoms in total. The van der Waals surface area contributed by atoms with E-state index < -0.39 is 0 Å². The Morgan fingerprint density at radius 2 is 2.25 bits per heavy atom. The lowest BCUT2D eigenvalue weighted by Gasteiger charge is -2.26. The van der Waals surface area contributed by atoms with Crippen molar-refractivity contribution in [1.82, 2.24) is 10.3 Å². The van der Waals surface area contributed by atoms with E-state index in [4.69, 9.17) is 4.98 Å². The van der Waals surface area contributed by atoms with Crippen LogP contribution in [0.5, 0.6) is 0 Å². The lowest BCUT2D eigenvalue weighted by Crippen LogP contribution is -2.31. The molecular formula is C16H27N3S. The summed E-state index contributed by atoms with van der Waals surface area (Å²) in [6.45, 7) is 8.89. The van der Waals surface area contributed by atoms with Gasteiger partial charge in [0.05, 0.1) is 5.69 Å². The van der Waals surface area contributed by atoms with Gasteiger partial charge in [-0.05, 0) is 31.6 Å². The van der Waals surface area contributed by atoms with Crippen molar-refractivity contribution in [3.05, 3.63) is 10.6 Å². The predicted octanol–water partition coefficient (Wildman–Crippen LogP) is 3.58. The molecule has 0 spiro atoms. The fourth-order valence-corrected chi connectivity index (χ4v) is 4.66. The van der Waals surface area contributed by atoms with Gasteiger partial charge in [0.15, 0.2) is 5.13 Å². The van der Waals surface area contributed by atoms with E-state index in [1.54, 1.807) is 0 Å². The van der Waals surface area contributed by atoms with Gasteiger partial charge in [-0.2, -0.15) is 0 Å². The second kappa shape index (κ2) is 6.02. The summed E-state index contributed by atoms with van der Waals surface area (Å²) in [5, 5.41) is 4.84. The first kappa shape index (κ1) is 14.3. The van der Waals surface area contributed by atoms with Gasteiger partial charge in [0, 0.05) is 30.1 Å². The van der Waals surface area contributed by atoms with Crippen molar-refractivity contribution in [2.75, 3.05) is 11.4 Å². The van der Waals surface area contributed by atoms with Crippen LogP contribution in [0, 0.1) is 5.92 Å². The van der Waals surface area contributed by atoms with Crippen molar-refractivity contribution in [2.24, 2.45) is 5.92 Å². The lowest BCUT2D eigenvalue weighted by atomic mass is 10.1. The standard InChI is InChI=1S/C16H27N3S/c1-4-5-14-15(9-17-11(2)3)20-16(18-14)19-10-12-6-7-13(19)8-12/h11-13,17H,4-10H2,1-3H3. The number of piperidine rings is 1. The average molecular weight is 293 g/mol. The summed E-state index contributed by atoms with van der Waals surface area (Å²) < 4.78 is 0. The zero-order valence-electron chi connectivity index (χ0n) is 13.0. The van der Waals surface area contributed by atoms with Crippen LogP contribution in [0.2, 0.25) is 0 Å². The Balaban J connectivity index is 1.76. The SMILES string of the molecule is CCCc1nc(N2CC3CCC2C3)sc1CNC(C)C. The third-order valence-corrected chi connectivity index (χ3v) is 5.71. The molecule has 2 fully saturated rings. The monoisotopic (exact) mass is 293 g/mol. The molecule has 3 rings (SSSR count). The minimum atomic E-state index is 0.540. The van der Waals surface area contributed by atoms with Crippen LogP contribution in [0.4, 0.5) is 5.13 Å². The number of hydrogen-bond acceptors (Lipinski definition) is 4. The molecule has 112 valence electrons. The van der Waals surface area contributed by atoms with Gasteiger partial charge in [-0.3, -0.25) is 0 Å². The number of aromatic nitrogens is 1. The van der Waals surface area contributed by atoms with E-state index in [0.717, 1.165) is 24.9 Å². The summed E-state index contributed by atoms with van der Waals surface area (Å²) in [5.41, 5.74) is 1.34. The first-order valence-electron chi connectivity index (χ1n) is 8.16. The maximum absolute atomic E-state index is 4.98. The van der Waals surface area contributed by atoms with Gasteiger partial charge >= 0.3 is 0 Å². The number of rotatable bonds is 6. The molecule has 1 N–H and O–H groups in total. The van der Waals surface area contributed by atoms with E-state index in [2.05, 4.69) is 31.0 Å². The van der Waals surface area contributed by atoms with Gasteiger partial charge in [0.2, 0.25) is 0 Å². The second-order valence-corrected chi connectivity index (χ2v) is 7.70. The molecule has 1 saturated heterocycles. The number of anilines is 1. The summed E-state index contributed by atoms with van der Waals surface area (Å²) in [4.78, 5) is 9.03. The van der Waals surface area contributed by atoms with Crippen molar-refractivity contribution < 1.29 is 0 Å². The van der Waals surface area contributed by atoms with Gasteiger partial charge < -0.3 is 10.2 Å². The Hall–Kier alpha value is -0.610. The number of nitrogens with zero attached hydrogens (tertiary/aromatic N) is 2. The van der Waals surface area contributed by atoms with Crippen molar-refractivity contribution in [1.29, 1.82) is 0 Å². The highest BCUT2D eigenvalue weighted by Crippen LogP contribution is 2.42. The van der Waals surface area contributed by atoms with Gasteiger partial charge in [-0.1, -0.05) is 27.2 Å². The molecule has 1 saturated carbocycles. The van der Waals surface area contributed by atoms with Crippen molar-refractivity contribution in [3.63, 3.8) is 0 Å². The molecule has 2 aliphatic rings. The summed E-state index contributed by atoms with van der Waals surface area (Å²) in [5.74, 6) is 0.941. The molecule has 2 unspecified atom stereocenters. The molecule has 2 atom stereocenters. The van der Waals surface area contributed by atoms with E-state index in [9.17, 15) is 0 Å². The Labute approximate surface area is 126 Å². The molecule has 0 radical (unpaired) electrons. The van der Waals surface area contributed by atoms with E-state index in [-0.39, 0.29) is 0 Å². The molecule has 0 amide bonds. The summed E-state index contributed by atoms with van der Waals surface area (Å²) in [7, 11) is 0. The first-order chi connectivity index (χ1) is 9.67. The van der Waals surface area contributed by atoms with E-state index in [0.29, 0.717) is 6.04 Å². The van der Waals surface area contributed by atoms with Crippen molar-refractivity contribution in [2.45, 2.75) is 71.5 Å². The van der Waals surface area contributed by atoms with Crippen LogP contribution in [0.15, 0.2) is 0 Å². The number of thiazole rings is 1. The Kier molecular flexibility index (Phi) is 4.32. The van der Waals surface area contributed by atoms with Crippen molar-refractivity contribution >= 4 is 16.5 Å². The number of aryl methyl sites for hydroxylation is 1. The maximum atomic E-state index is 4.98. The molecule has 2 bridgehead atoms. The highest BCUT2D eigenvalue weighted by atomic mass is 32.1. The molecule has 1 aliphatic heterocycles. The first-order valence-corrected chi connectivity index (χ1v) is 8.97. The lowest BCUT2D eigenvalue weighted by molar-refractivity contribution is 0.552. The van der Waals surface area contributed by atoms with Gasteiger partial charge in [-0.25, -0.2) is 4.98 Å². The van der Waals surface area contributed by atoms with Crippen LogP contribution in [-0.2, 0) is 13.0 Å². The Morgan fingerprint density at radius 3 is 2.85 bits per heavy atom. The summed E-state index contributed by atoms with van der Waals surface area (Å²) in [6.07, 6.45) is 6.53. The molecular weight excluding hydrogens is 266 g/mol. The topological polar surface area (TPSA) is 28.2 Å². The molecule has 2 heterocycles. The largest absolute Gasteiger partial charge is 0.345 e. The van der Waals surface area contributed by atoms with Gasteiger partial charge in [0.1, 0.15) is 0 Å². The van der Waals surface area contributed by atoms with Crippen LogP contribution in [0.25, 0.3) is 0 Å². The molecule has 20 heavy (non-hydrogen) atoms. The quantitative estimate of drug-likeness (QED) is 0.869. The van der Waals surface area contributed by atoms with Crippen LogP contribution in [0.3, 0.4) is 0 Å². The average Bonchev–Trinajstić information content (AvgIpc) is 3.11. The molecule has 4 heteroatoms. The molecule has 1 aliphatic carbocycles. The zero-order chi connectivity index (χ0) is 14.1. The fraction of sp³-hybridized carbons (Fsp3) is 0.812. The minimum absolute atomic E-state index is 0.540. The van der Waals surface area contributed by atoms with Crippen LogP contribution in [0.1, 0.15) is 57.0 Å². The van der Waals surface area contributed by atoms with E-state index >= 15 is 0 Å². The van der Waals surface area contributed by atoms with Crippen molar-refractivity contribution in [3.8, 4) is 0 Å². The number of hydrogen-bond donors (Lipinski definition) is 1. The highest BCUT2D eigenvalue weighted by Gasteiger charge is 2.39. The normalized spacial score (nSPS) is 25.1. The van der Waals surface area contributed by atoms with E-state index in [1.165, 1.54) is 47.9 Å². The minimum Gasteiger partial charge on any atom is -0.345 e. The van der Waals surface area contributed by atoms with E-state index in [1.807, 2.05) is 11.3 Å². The fourth-order valence-electron chi connectivity index (χ4n) is 3.52. The number of fused-ring (bicyclic) bond motifs is 2. The molecule has 1 aromatic rings. The highest BCUT2D eigenvalue weighted by molar-refractivity contribution is 7.15. The Morgan fingerprint density at radius 1 is 1.40 bits per heavy atom. The van der Waals surface area contributed by atoms with Crippen LogP contribution < -0.4 is 10.2 Å². The zero-order valence-corrected chi connectivity index (χ0v) is 13.8. The second-order valence-electron chi connectivity index (χ2n) is 6.64. The van der Waals surface area contributed by atoms with Gasteiger partial charge in [0.25, 0.3) is 0 Å². The number of nitrogens with one attached hydrogen (secondary N) is 1.